The Hall–Kier alpha value is -0.976. The average Bonchev–Trinajstić information content (AvgIpc) is 3.01. The summed E-state index contributed by atoms with van der Waals surface area (Å²) in [6.45, 7) is 0. The number of rotatable bonds is 0. The summed E-state index contributed by atoms with van der Waals surface area (Å²) < 4.78 is 2.37. The first-order valence-corrected chi connectivity index (χ1v) is 9.49. The van der Waals surface area contributed by atoms with Gasteiger partial charge in [0.1, 0.15) is 0 Å². The fraction of sp³-hybridized carbons (Fsp3) is 0.154. The van der Waals surface area contributed by atoms with Gasteiger partial charge in [-0.1, -0.05) is 0 Å². The minimum atomic E-state index is -0.388. The van der Waals surface area contributed by atoms with E-state index in [4.69, 9.17) is 4.98 Å². The van der Waals surface area contributed by atoms with Gasteiger partial charge in [0.2, 0.25) is 0 Å². The van der Waals surface area contributed by atoms with Crippen molar-refractivity contribution in [2.24, 2.45) is 0 Å². The summed E-state index contributed by atoms with van der Waals surface area (Å²) in [4.78, 5) is 13.3. The maximum atomic E-state index is 4.76. The standard InChI is InChI=1S/C13H13N5.2BrH.Ni/c1-15-6-8-17(10-15)12-4-3-5-13(14-12)18-9-7-16(2)11-18;;;/h3-9H,1-2H3;2*1H;/q;;;+1/p-1. The number of fused-ring (bicyclic) bond motifs is 6. The van der Waals surface area contributed by atoms with Crippen molar-refractivity contribution in [3.63, 3.8) is 0 Å². The van der Waals surface area contributed by atoms with Crippen molar-refractivity contribution in [1.82, 2.24) is 14.8 Å². The third-order valence-corrected chi connectivity index (χ3v) is 7.04. The SMILES string of the molecule is Br.CN1C=CN2/[C]1=[Ni](/[Br])=[C]1/N(C)C=CN1c1cccc2n1. The van der Waals surface area contributed by atoms with Crippen molar-refractivity contribution in [2.45, 2.75) is 0 Å². The van der Waals surface area contributed by atoms with Crippen molar-refractivity contribution in [2.75, 3.05) is 23.9 Å². The molecule has 0 aliphatic carbocycles. The van der Waals surface area contributed by atoms with Crippen LogP contribution >= 0.6 is 31.2 Å². The van der Waals surface area contributed by atoms with E-state index in [1.54, 1.807) is 0 Å². The molecule has 0 fully saturated rings. The third-order valence-electron chi connectivity index (χ3n) is 3.25. The molecule has 0 radical (unpaired) electrons. The van der Waals surface area contributed by atoms with E-state index in [1.165, 1.54) is 9.48 Å². The Morgan fingerprint density at radius 2 is 1.38 bits per heavy atom. The summed E-state index contributed by atoms with van der Waals surface area (Å²) in [6, 6.07) is 6.12. The summed E-state index contributed by atoms with van der Waals surface area (Å²) >= 11 is 3.89. The summed E-state index contributed by atoms with van der Waals surface area (Å²) in [5, 5.41) is 0. The molecule has 0 atom stereocenters. The van der Waals surface area contributed by atoms with Crippen molar-refractivity contribution in [3.05, 3.63) is 43.0 Å². The van der Waals surface area contributed by atoms with E-state index in [0.717, 1.165) is 11.6 Å². The second kappa shape index (κ2) is 5.34. The Labute approximate surface area is 144 Å². The van der Waals surface area contributed by atoms with Crippen molar-refractivity contribution >= 4 is 52.3 Å². The van der Waals surface area contributed by atoms with Gasteiger partial charge in [-0.3, -0.25) is 0 Å². The molecule has 1 aromatic heterocycles. The monoisotopic (exact) mass is 456 g/mol. The second-order valence-corrected chi connectivity index (χ2v) is 8.16. The number of nitrogens with zero attached hydrogens (tertiary/aromatic N) is 5. The van der Waals surface area contributed by atoms with Gasteiger partial charge >= 0.3 is 128 Å². The van der Waals surface area contributed by atoms with Gasteiger partial charge in [-0.15, -0.1) is 17.0 Å². The molecular weight excluding hydrogens is 445 g/mol. The van der Waals surface area contributed by atoms with Gasteiger partial charge < -0.3 is 0 Å². The molecule has 3 aliphatic rings. The number of hydrogen-bond donors (Lipinski definition) is 0. The Balaban J connectivity index is 0.00000132. The predicted octanol–water partition coefficient (Wildman–Crippen LogP) is 2.22. The first kappa shape index (κ1) is 14.9. The Morgan fingerprint density at radius 1 is 0.905 bits per heavy atom. The molecule has 4 rings (SSSR count). The van der Waals surface area contributed by atoms with Gasteiger partial charge in [0.05, 0.1) is 0 Å². The van der Waals surface area contributed by atoms with Crippen LogP contribution in [-0.2, 0) is 10.8 Å². The van der Waals surface area contributed by atoms with Crippen LogP contribution in [0.25, 0.3) is 0 Å². The molecule has 0 unspecified atom stereocenters. The topological polar surface area (TPSA) is 25.9 Å². The number of aromatic nitrogens is 1. The summed E-state index contributed by atoms with van der Waals surface area (Å²) in [5.41, 5.74) is 0. The first-order valence-electron chi connectivity index (χ1n) is 6.06. The van der Waals surface area contributed by atoms with Gasteiger partial charge in [-0.2, -0.15) is 0 Å². The van der Waals surface area contributed by atoms with Gasteiger partial charge in [-0.25, -0.2) is 0 Å². The summed E-state index contributed by atoms with van der Waals surface area (Å²) in [5.74, 6) is 1.89. The zero-order valence-electron chi connectivity index (χ0n) is 11.4. The van der Waals surface area contributed by atoms with Crippen molar-refractivity contribution in [3.8, 4) is 0 Å². The quantitative estimate of drug-likeness (QED) is 0.556. The molecule has 2 bridgehead atoms. The molecular formula is C13H14Br2N5Ni. The molecule has 115 valence electrons. The number of pyridine rings is 1. The molecule has 3 aliphatic heterocycles. The van der Waals surface area contributed by atoms with E-state index < -0.39 is 0 Å². The van der Waals surface area contributed by atoms with E-state index >= 15 is 0 Å². The average molecular weight is 459 g/mol. The Morgan fingerprint density at radius 3 is 1.86 bits per heavy atom. The van der Waals surface area contributed by atoms with Crippen LogP contribution in [0.4, 0.5) is 11.6 Å². The first-order chi connectivity index (χ1) is 9.66. The van der Waals surface area contributed by atoms with E-state index in [9.17, 15) is 0 Å². The normalized spacial score (nSPS) is 27.3. The Bertz CT molecular complexity index is 695. The molecule has 0 aromatic carbocycles. The van der Waals surface area contributed by atoms with Crippen molar-refractivity contribution in [1.29, 1.82) is 0 Å². The number of halogens is 2. The minimum absolute atomic E-state index is 0. The van der Waals surface area contributed by atoms with E-state index in [2.05, 4.69) is 72.7 Å². The molecule has 0 saturated heterocycles. The molecule has 5 nitrogen and oxygen atoms in total. The fourth-order valence-electron chi connectivity index (χ4n) is 2.30. The number of hydrogen-bond acceptors (Lipinski definition) is 5. The molecule has 8 heteroatoms. The van der Waals surface area contributed by atoms with Gasteiger partial charge in [0.15, 0.2) is 0 Å². The van der Waals surface area contributed by atoms with Crippen LogP contribution in [0.3, 0.4) is 0 Å². The van der Waals surface area contributed by atoms with Crippen LogP contribution in [0, 0.1) is 0 Å². The molecule has 0 spiro atoms. The molecule has 4 heterocycles. The van der Waals surface area contributed by atoms with Gasteiger partial charge in [0.25, 0.3) is 0 Å². The van der Waals surface area contributed by atoms with Crippen LogP contribution in [0.1, 0.15) is 0 Å². The molecule has 0 N–H and O–H groups in total. The van der Waals surface area contributed by atoms with E-state index in [-0.39, 0.29) is 27.8 Å². The zero-order valence-corrected chi connectivity index (χ0v) is 15.7. The third kappa shape index (κ3) is 2.12. The Kier molecular flexibility index (Phi) is 3.80. The summed E-state index contributed by atoms with van der Waals surface area (Å²) in [7, 11) is 3.74. The maximum absolute atomic E-state index is 4.76. The molecule has 0 amide bonds. The molecule has 1 aromatic rings. The van der Waals surface area contributed by atoms with E-state index in [0.29, 0.717) is 0 Å². The molecule has 0 saturated carbocycles. The van der Waals surface area contributed by atoms with Crippen molar-refractivity contribution < 1.29 is 10.8 Å². The molecule has 21 heavy (non-hydrogen) atoms. The van der Waals surface area contributed by atoms with Crippen LogP contribution in [0.5, 0.6) is 0 Å². The fourth-order valence-corrected chi connectivity index (χ4v) is 6.50. The second-order valence-electron chi connectivity index (χ2n) is 4.59. The van der Waals surface area contributed by atoms with Crippen LogP contribution in [0.2, 0.25) is 0 Å². The zero-order chi connectivity index (χ0) is 13.9. The van der Waals surface area contributed by atoms with Gasteiger partial charge in [-0.05, 0) is 0 Å². The summed E-state index contributed by atoms with van der Waals surface area (Å²) in [6.07, 6.45) is 8.25. The predicted molar refractivity (Wildman–Crippen MR) is 92.3 cm³/mol. The van der Waals surface area contributed by atoms with Crippen LogP contribution < -0.4 is 9.80 Å². The van der Waals surface area contributed by atoms with Gasteiger partial charge in [0, 0.05) is 0 Å². The number of anilines is 2. The van der Waals surface area contributed by atoms with E-state index in [1.807, 2.05) is 18.2 Å². The van der Waals surface area contributed by atoms with Crippen LogP contribution in [0.15, 0.2) is 43.0 Å². The van der Waals surface area contributed by atoms with Crippen LogP contribution in [-0.4, -0.2) is 38.4 Å².